The zero-order chi connectivity index (χ0) is 21.4. The van der Waals surface area contributed by atoms with Crippen LogP contribution in [0.5, 0.6) is 0 Å². The fraction of sp³-hybridized carbons (Fsp3) is 0.174. The highest BCUT2D eigenvalue weighted by Gasteiger charge is 2.23. The number of nitrogens with zero attached hydrogens (tertiary/aromatic N) is 2. The third-order valence-corrected chi connectivity index (χ3v) is 7.45. The Kier molecular flexibility index (Phi) is 5.33. The molecule has 0 saturated carbocycles. The third kappa shape index (κ3) is 4.00. The molecule has 1 aliphatic rings. The van der Waals surface area contributed by atoms with Crippen LogP contribution >= 0.6 is 23.1 Å². The van der Waals surface area contributed by atoms with E-state index in [0.29, 0.717) is 16.6 Å². The highest BCUT2D eigenvalue weighted by molar-refractivity contribution is 7.99. The average Bonchev–Trinajstić information content (AvgIpc) is 3.22. The Morgan fingerprint density at radius 2 is 2.03 bits per heavy atom. The van der Waals surface area contributed by atoms with Crippen molar-refractivity contribution < 1.29 is 9.18 Å². The Balaban J connectivity index is 1.37. The summed E-state index contributed by atoms with van der Waals surface area (Å²) in [4.78, 5) is 32.6. The van der Waals surface area contributed by atoms with E-state index in [-0.39, 0.29) is 29.9 Å². The van der Waals surface area contributed by atoms with Gasteiger partial charge in [0.1, 0.15) is 17.2 Å². The van der Waals surface area contributed by atoms with E-state index in [4.69, 9.17) is 0 Å². The van der Waals surface area contributed by atoms with Gasteiger partial charge in [-0.1, -0.05) is 30.3 Å². The van der Waals surface area contributed by atoms with E-state index in [9.17, 15) is 14.0 Å². The number of carbonyl (C=O) groups excluding carboxylic acids is 1. The van der Waals surface area contributed by atoms with Gasteiger partial charge in [-0.05, 0) is 41.8 Å². The molecule has 5 nitrogen and oxygen atoms in total. The Morgan fingerprint density at radius 1 is 1.19 bits per heavy atom. The molecular formula is C23H18FN3O2S2. The van der Waals surface area contributed by atoms with Gasteiger partial charge in [0.25, 0.3) is 5.56 Å². The lowest BCUT2D eigenvalue weighted by atomic mass is 10.0. The lowest BCUT2D eigenvalue weighted by Gasteiger charge is -2.26. The molecule has 1 amide bonds. The fourth-order valence-corrected chi connectivity index (χ4v) is 5.83. The minimum atomic E-state index is -0.321. The third-order valence-electron chi connectivity index (χ3n) is 5.24. The van der Waals surface area contributed by atoms with Gasteiger partial charge in [-0.3, -0.25) is 14.2 Å². The topological polar surface area (TPSA) is 64.0 Å². The van der Waals surface area contributed by atoms with Gasteiger partial charge in [0.05, 0.1) is 17.8 Å². The van der Waals surface area contributed by atoms with Crippen molar-refractivity contribution in [2.24, 2.45) is 0 Å². The van der Waals surface area contributed by atoms with Gasteiger partial charge in [0.15, 0.2) is 0 Å². The minimum Gasteiger partial charge on any atom is -0.348 e. The lowest BCUT2D eigenvalue weighted by Crippen LogP contribution is -2.35. The van der Waals surface area contributed by atoms with Crippen LogP contribution in [0.1, 0.15) is 18.0 Å². The molecule has 0 saturated heterocycles. The van der Waals surface area contributed by atoms with Crippen LogP contribution in [0.3, 0.4) is 0 Å². The minimum absolute atomic E-state index is 0.132. The number of amides is 1. The van der Waals surface area contributed by atoms with Crippen LogP contribution in [-0.2, 0) is 11.3 Å². The number of thiophene rings is 1. The number of hydrogen-bond donors (Lipinski definition) is 1. The van der Waals surface area contributed by atoms with Crippen molar-refractivity contribution in [3.8, 4) is 10.4 Å². The van der Waals surface area contributed by atoms with Gasteiger partial charge in [-0.2, -0.15) is 0 Å². The Labute approximate surface area is 185 Å². The van der Waals surface area contributed by atoms with Crippen molar-refractivity contribution in [1.29, 1.82) is 0 Å². The second kappa shape index (κ2) is 8.28. The summed E-state index contributed by atoms with van der Waals surface area (Å²) in [5, 5.41) is 3.45. The number of thioether (sulfide) groups is 1. The SMILES string of the molecule is O=C(Cn1cnc2sc(-c3ccccc3)cc2c1=O)N[C@H]1CCSc2ccc(F)cc21. The molecule has 156 valence electrons. The van der Waals surface area contributed by atoms with Gasteiger partial charge in [-0.15, -0.1) is 23.1 Å². The molecule has 0 spiro atoms. The molecule has 2 aromatic heterocycles. The van der Waals surface area contributed by atoms with Gasteiger partial charge in [0.2, 0.25) is 5.91 Å². The maximum atomic E-state index is 13.7. The van der Waals surface area contributed by atoms with E-state index in [0.717, 1.165) is 26.7 Å². The summed E-state index contributed by atoms with van der Waals surface area (Å²) in [7, 11) is 0. The average molecular weight is 452 g/mol. The molecule has 5 rings (SSSR count). The molecule has 8 heteroatoms. The number of aromatic nitrogens is 2. The molecule has 0 aliphatic carbocycles. The summed E-state index contributed by atoms with van der Waals surface area (Å²) in [6.07, 6.45) is 2.13. The maximum Gasteiger partial charge on any atom is 0.262 e. The van der Waals surface area contributed by atoms with E-state index in [1.54, 1.807) is 17.8 Å². The van der Waals surface area contributed by atoms with E-state index in [1.807, 2.05) is 36.4 Å². The molecule has 1 N–H and O–H groups in total. The van der Waals surface area contributed by atoms with E-state index in [2.05, 4.69) is 10.3 Å². The Morgan fingerprint density at radius 3 is 2.87 bits per heavy atom. The van der Waals surface area contributed by atoms with E-state index in [1.165, 1.54) is 34.4 Å². The second-order valence-corrected chi connectivity index (χ2v) is 9.48. The maximum absolute atomic E-state index is 13.7. The van der Waals surface area contributed by atoms with Crippen molar-refractivity contribution in [3.63, 3.8) is 0 Å². The molecule has 1 atom stereocenters. The monoisotopic (exact) mass is 451 g/mol. The number of halogens is 1. The second-order valence-electron chi connectivity index (χ2n) is 7.31. The normalized spacial score (nSPS) is 15.6. The first-order chi connectivity index (χ1) is 15.1. The molecule has 2 aromatic carbocycles. The largest absolute Gasteiger partial charge is 0.348 e. The van der Waals surface area contributed by atoms with Crippen LogP contribution in [0.25, 0.3) is 20.7 Å². The van der Waals surface area contributed by atoms with Crippen LogP contribution in [-0.4, -0.2) is 21.2 Å². The molecular weight excluding hydrogens is 433 g/mol. The van der Waals surface area contributed by atoms with Crippen molar-refractivity contribution >= 4 is 39.2 Å². The Bertz CT molecular complexity index is 1330. The zero-order valence-electron chi connectivity index (χ0n) is 16.4. The first kappa shape index (κ1) is 20.0. The van der Waals surface area contributed by atoms with Crippen molar-refractivity contribution in [2.45, 2.75) is 23.9 Å². The van der Waals surface area contributed by atoms with Crippen LogP contribution in [0.15, 0.2) is 70.6 Å². The molecule has 0 bridgehead atoms. The lowest BCUT2D eigenvalue weighted by molar-refractivity contribution is -0.122. The zero-order valence-corrected chi connectivity index (χ0v) is 18.0. The number of carbonyl (C=O) groups is 1. The smallest absolute Gasteiger partial charge is 0.262 e. The van der Waals surface area contributed by atoms with Crippen LogP contribution in [0.2, 0.25) is 0 Å². The fourth-order valence-electron chi connectivity index (χ4n) is 3.73. The summed E-state index contributed by atoms with van der Waals surface area (Å²) in [6.45, 7) is -0.132. The standard InChI is InChI=1S/C23H18FN3O2S2/c24-15-6-7-19-16(10-15)18(8-9-30-19)26-21(28)12-27-13-25-22-17(23(27)29)11-20(31-22)14-4-2-1-3-5-14/h1-7,10-11,13,18H,8-9,12H2,(H,26,28)/t18-/m0/s1. The van der Waals surface area contributed by atoms with E-state index >= 15 is 0 Å². The van der Waals surface area contributed by atoms with Gasteiger partial charge < -0.3 is 5.32 Å². The molecule has 0 unspecified atom stereocenters. The number of hydrogen-bond acceptors (Lipinski definition) is 5. The number of nitrogens with one attached hydrogen (secondary N) is 1. The van der Waals surface area contributed by atoms with Gasteiger partial charge in [-0.25, -0.2) is 9.37 Å². The van der Waals surface area contributed by atoms with Crippen molar-refractivity contribution in [2.75, 3.05) is 5.75 Å². The summed E-state index contributed by atoms with van der Waals surface area (Å²) in [5.74, 6) is 0.223. The summed E-state index contributed by atoms with van der Waals surface area (Å²) >= 11 is 3.11. The first-order valence-electron chi connectivity index (χ1n) is 9.84. The molecule has 3 heterocycles. The molecule has 0 fully saturated rings. The molecule has 1 aliphatic heterocycles. The van der Waals surface area contributed by atoms with Crippen molar-refractivity contribution in [1.82, 2.24) is 14.9 Å². The molecule has 0 radical (unpaired) electrons. The number of benzene rings is 2. The number of fused-ring (bicyclic) bond motifs is 2. The predicted octanol–water partition coefficient (Wildman–Crippen LogP) is 4.62. The summed E-state index contributed by atoms with van der Waals surface area (Å²) < 4.78 is 15.0. The van der Waals surface area contributed by atoms with Gasteiger partial charge in [0, 0.05) is 15.5 Å². The number of rotatable bonds is 4. The van der Waals surface area contributed by atoms with E-state index < -0.39 is 0 Å². The van der Waals surface area contributed by atoms with Crippen molar-refractivity contribution in [3.05, 3.63) is 82.7 Å². The predicted molar refractivity (Wildman–Crippen MR) is 122 cm³/mol. The quantitative estimate of drug-likeness (QED) is 0.492. The van der Waals surface area contributed by atoms with Crippen LogP contribution in [0, 0.1) is 5.82 Å². The Hall–Kier alpha value is -2.97. The van der Waals surface area contributed by atoms with Gasteiger partial charge >= 0.3 is 0 Å². The molecule has 4 aromatic rings. The highest BCUT2D eigenvalue weighted by Crippen LogP contribution is 2.36. The summed E-state index contributed by atoms with van der Waals surface area (Å²) in [6, 6.07) is 16.0. The van der Waals surface area contributed by atoms with Crippen LogP contribution < -0.4 is 10.9 Å². The highest BCUT2D eigenvalue weighted by atomic mass is 32.2. The van der Waals surface area contributed by atoms with Crippen LogP contribution in [0.4, 0.5) is 4.39 Å². The molecule has 31 heavy (non-hydrogen) atoms. The first-order valence-corrected chi connectivity index (χ1v) is 11.6. The summed E-state index contributed by atoms with van der Waals surface area (Å²) in [5.41, 5.74) is 1.57.